The summed E-state index contributed by atoms with van der Waals surface area (Å²) in [7, 11) is 0. The van der Waals surface area contributed by atoms with Crippen LogP contribution < -0.4 is 11.1 Å². The molecule has 1 fully saturated rings. The molecule has 1 heterocycles. The summed E-state index contributed by atoms with van der Waals surface area (Å²) >= 11 is 0. The average molecular weight is 242 g/mol. The van der Waals surface area contributed by atoms with Crippen LogP contribution in [0.25, 0.3) is 0 Å². The first kappa shape index (κ1) is 13.8. The molecule has 17 heavy (non-hydrogen) atoms. The molecule has 1 saturated heterocycles. The minimum atomic E-state index is -0.326. The first-order chi connectivity index (χ1) is 8.09. The molecule has 0 aromatic rings. The molecule has 6 heteroatoms. The van der Waals surface area contributed by atoms with Crippen molar-refractivity contribution >= 4 is 11.9 Å². The van der Waals surface area contributed by atoms with Crippen LogP contribution in [0.2, 0.25) is 0 Å². The van der Waals surface area contributed by atoms with Gasteiger partial charge in [0, 0.05) is 26.1 Å². The van der Waals surface area contributed by atoms with E-state index >= 15 is 0 Å². The van der Waals surface area contributed by atoms with E-state index in [4.69, 9.17) is 10.5 Å². The van der Waals surface area contributed by atoms with E-state index in [0.717, 1.165) is 0 Å². The quantitative estimate of drug-likeness (QED) is 0.697. The molecule has 3 amide bonds. The van der Waals surface area contributed by atoms with E-state index in [0.29, 0.717) is 39.3 Å². The second-order valence-corrected chi connectivity index (χ2v) is 4.17. The fraction of sp³-hybridized carbons (Fsp3) is 0.727. The van der Waals surface area contributed by atoms with Crippen molar-refractivity contribution in [2.75, 3.05) is 32.8 Å². The molecule has 0 unspecified atom stereocenters. The van der Waals surface area contributed by atoms with Crippen molar-refractivity contribution < 1.29 is 14.3 Å². The van der Waals surface area contributed by atoms with Crippen molar-refractivity contribution in [2.24, 2.45) is 11.7 Å². The van der Waals surface area contributed by atoms with Gasteiger partial charge in [-0.05, 0) is 12.3 Å². The Hall–Kier alpha value is -1.30. The number of carbonyl (C=O) groups excluding carboxylic acids is 2. The van der Waals surface area contributed by atoms with Crippen LogP contribution in [-0.2, 0) is 9.53 Å². The Kier molecular flexibility index (Phi) is 5.76. The van der Waals surface area contributed by atoms with Gasteiger partial charge < -0.3 is 20.7 Å². The van der Waals surface area contributed by atoms with Gasteiger partial charge in [0.15, 0.2) is 0 Å². The highest BCUT2D eigenvalue weighted by Crippen LogP contribution is 2.04. The van der Waals surface area contributed by atoms with Crippen molar-refractivity contribution in [2.45, 2.75) is 13.3 Å². The van der Waals surface area contributed by atoms with Gasteiger partial charge in [-0.3, -0.25) is 4.79 Å². The zero-order chi connectivity index (χ0) is 12.7. The van der Waals surface area contributed by atoms with Crippen LogP contribution in [0, 0.1) is 12.3 Å². The molecule has 6 nitrogen and oxygen atoms in total. The Balaban J connectivity index is 2.12. The van der Waals surface area contributed by atoms with E-state index in [9.17, 15) is 9.59 Å². The lowest BCUT2D eigenvalue weighted by atomic mass is 10.0. The number of carbonyl (C=O) groups is 2. The van der Waals surface area contributed by atoms with Gasteiger partial charge in [0.1, 0.15) is 0 Å². The minimum absolute atomic E-state index is 0.0810. The van der Waals surface area contributed by atoms with Crippen LogP contribution in [0.5, 0.6) is 0 Å². The summed E-state index contributed by atoms with van der Waals surface area (Å²) in [6.45, 7) is 4.78. The second-order valence-electron chi connectivity index (χ2n) is 4.17. The van der Waals surface area contributed by atoms with Crippen LogP contribution in [0.4, 0.5) is 4.79 Å². The van der Waals surface area contributed by atoms with Crippen LogP contribution >= 0.6 is 0 Å². The third kappa shape index (κ3) is 5.53. The molecule has 0 aromatic heterocycles. The maximum absolute atomic E-state index is 11.6. The summed E-state index contributed by atoms with van der Waals surface area (Å²) in [5, 5.41) is 2.78. The van der Waals surface area contributed by atoms with Crippen LogP contribution in [0.15, 0.2) is 0 Å². The van der Waals surface area contributed by atoms with Crippen LogP contribution in [0.1, 0.15) is 13.3 Å². The van der Waals surface area contributed by atoms with E-state index in [2.05, 4.69) is 5.32 Å². The molecule has 3 N–H and O–H groups in total. The highest BCUT2D eigenvalue weighted by Gasteiger charge is 2.16. The molecule has 1 aliphatic rings. The molecule has 0 aromatic carbocycles. The molecule has 0 saturated carbocycles. The summed E-state index contributed by atoms with van der Waals surface area (Å²) in [6.07, 6.45) is 2.19. The lowest BCUT2D eigenvalue weighted by molar-refractivity contribution is -0.118. The number of urea groups is 1. The van der Waals surface area contributed by atoms with Crippen molar-refractivity contribution in [3.05, 3.63) is 6.42 Å². The van der Waals surface area contributed by atoms with E-state index < -0.39 is 0 Å². The van der Waals surface area contributed by atoms with Crippen molar-refractivity contribution in [3.8, 4) is 0 Å². The minimum Gasteiger partial charge on any atom is -0.378 e. The third-order valence-electron chi connectivity index (χ3n) is 2.59. The molecule has 1 aliphatic heterocycles. The molecule has 0 bridgehead atoms. The Bertz CT molecular complexity index is 265. The predicted molar refractivity (Wildman–Crippen MR) is 63.1 cm³/mol. The predicted octanol–water partition coefficient (Wildman–Crippen LogP) is -0.256. The number of ether oxygens (including phenoxy) is 1. The fourth-order valence-electron chi connectivity index (χ4n) is 1.63. The Morgan fingerprint density at radius 1 is 1.47 bits per heavy atom. The summed E-state index contributed by atoms with van der Waals surface area (Å²) in [5.74, 6) is -0.245. The van der Waals surface area contributed by atoms with Gasteiger partial charge in [-0.1, -0.05) is 6.92 Å². The number of hydrogen-bond donors (Lipinski definition) is 2. The Morgan fingerprint density at radius 2 is 2.12 bits per heavy atom. The second kappa shape index (κ2) is 7.11. The largest absolute Gasteiger partial charge is 0.378 e. The number of hydrogen-bond acceptors (Lipinski definition) is 3. The number of morpholine rings is 1. The molecule has 1 radical (unpaired) electrons. The van der Waals surface area contributed by atoms with Crippen LogP contribution in [-0.4, -0.2) is 49.7 Å². The summed E-state index contributed by atoms with van der Waals surface area (Å²) < 4.78 is 5.16. The van der Waals surface area contributed by atoms with Gasteiger partial charge in [-0.15, -0.1) is 0 Å². The maximum atomic E-state index is 11.6. The van der Waals surface area contributed by atoms with E-state index in [-0.39, 0.29) is 17.9 Å². The summed E-state index contributed by atoms with van der Waals surface area (Å²) in [4.78, 5) is 24.0. The topological polar surface area (TPSA) is 84.7 Å². The van der Waals surface area contributed by atoms with Gasteiger partial charge in [-0.2, -0.15) is 0 Å². The molecule has 97 valence electrons. The first-order valence-electron chi connectivity index (χ1n) is 5.81. The van der Waals surface area contributed by atoms with Gasteiger partial charge in [0.25, 0.3) is 0 Å². The summed E-state index contributed by atoms with van der Waals surface area (Å²) in [5.41, 5.74) is 5.07. The zero-order valence-electron chi connectivity index (χ0n) is 10.1. The fourth-order valence-corrected chi connectivity index (χ4v) is 1.63. The molecular weight excluding hydrogens is 222 g/mol. The molecule has 1 rings (SSSR count). The first-order valence-corrected chi connectivity index (χ1v) is 5.81. The van der Waals surface area contributed by atoms with Crippen molar-refractivity contribution in [1.82, 2.24) is 10.2 Å². The van der Waals surface area contributed by atoms with Gasteiger partial charge in [0.05, 0.1) is 13.2 Å². The molecular formula is C11H20N3O3. The van der Waals surface area contributed by atoms with Gasteiger partial charge in [0.2, 0.25) is 5.91 Å². The number of primary amides is 1. The van der Waals surface area contributed by atoms with Gasteiger partial charge >= 0.3 is 6.03 Å². The number of nitrogens with two attached hydrogens (primary N) is 1. The Labute approximate surface area is 101 Å². The van der Waals surface area contributed by atoms with Gasteiger partial charge in [-0.25, -0.2) is 4.79 Å². The van der Waals surface area contributed by atoms with E-state index in [1.807, 2.05) is 13.3 Å². The van der Waals surface area contributed by atoms with E-state index in [1.165, 1.54) is 0 Å². The molecule has 0 spiro atoms. The number of nitrogens with zero attached hydrogens (tertiary/aromatic N) is 1. The standard InChI is InChI=1S/C11H20N3O3/c1-9(8-10(12)15)2-3-13-11(16)14-4-6-17-7-5-14/h2,9H,3-8H2,1H3,(H2,12,15)(H,13,16)/t9-/m0/s1. The highest BCUT2D eigenvalue weighted by atomic mass is 16.5. The molecule has 0 aliphatic carbocycles. The number of nitrogens with one attached hydrogen (secondary N) is 1. The monoisotopic (exact) mass is 242 g/mol. The lowest BCUT2D eigenvalue weighted by Gasteiger charge is -2.27. The summed E-state index contributed by atoms with van der Waals surface area (Å²) in [6, 6.07) is -0.0872. The zero-order valence-corrected chi connectivity index (χ0v) is 10.1. The average Bonchev–Trinajstić information content (AvgIpc) is 2.29. The van der Waals surface area contributed by atoms with Crippen molar-refractivity contribution in [3.63, 3.8) is 0 Å². The normalized spacial score (nSPS) is 17.6. The smallest absolute Gasteiger partial charge is 0.317 e. The lowest BCUT2D eigenvalue weighted by Crippen LogP contribution is -2.46. The third-order valence-corrected chi connectivity index (χ3v) is 2.59. The van der Waals surface area contributed by atoms with Crippen molar-refractivity contribution in [1.29, 1.82) is 0 Å². The van der Waals surface area contributed by atoms with E-state index in [1.54, 1.807) is 4.90 Å². The Morgan fingerprint density at radius 3 is 2.71 bits per heavy atom. The number of amides is 3. The molecule has 1 atom stereocenters. The number of rotatable bonds is 5. The SMILES string of the molecule is C[C@@H]([CH]CNC(=O)N1CCOCC1)CC(N)=O. The maximum Gasteiger partial charge on any atom is 0.317 e. The van der Waals surface area contributed by atoms with Crippen LogP contribution in [0.3, 0.4) is 0 Å². The highest BCUT2D eigenvalue weighted by molar-refractivity contribution is 5.75.